The van der Waals surface area contributed by atoms with Gasteiger partial charge in [-0.15, -0.1) is 0 Å². The van der Waals surface area contributed by atoms with E-state index in [1.54, 1.807) is 0 Å². The molecule has 0 saturated carbocycles. The number of hydrogen-bond donors (Lipinski definition) is 3. The molecule has 0 amide bonds. The van der Waals surface area contributed by atoms with Crippen LogP contribution in [-0.2, 0) is 4.79 Å². The molecule has 0 aromatic rings. The first kappa shape index (κ1) is 10.1. The van der Waals surface area contributed by atoms with Crippen molar-refractivity contribution >= 4 is 30.5 Å². The van der Waals surface area contributed by atoms with Crippen molar-refractivity contribution in [2.75, 3.05) is 11.5 Å². The minimum absolute atomic E-state index is 0.322. The van der Waals surface area contributed by atoms with Gasteiger partial charge in [-0.3, -0.25) is 4.79 Å². The van der Waals surface area contributed by atoms with Crippen LogP contribution in [0.15, 0.2) is 0 Å². The second-order valence-corrected chi connectivity index (χ2v) is 3.09. The topological polar surface area (TPSA) is 49.3 Å². The van der Waals surface area contributed by atoms with Crippen LogP contribution in [0.4, 0.5) is 0 Å². The molecule has 2 N–H and O–H groups in total. The van der Waals surface area contributed by atoms with Gasteiger partial charge in [-0.2, -0.15) is 12.6 Å². The lowest BCUT2D eigenvalue weighted by molar-refractivity contribution is -0.138. The zero-order chi connectivity index (χ0) is 7.98. The van der Waals surface area contributed by atoms with Crippen LogP contribution in [-0.4, -0.2) is 28.6 Å². The summed E-state index contributed by atoms with van der Waals surface area (Å²) >= 11 is 5.26. The minimum Gasteiger partial charge on any atom is -0.480 e. The van der Waals surface area contributed by atoms with Crippen LogP contribution in [0.3, 0.4) is 0 Å². The Balaban J connectivity index is 3.50. The number of carboxylic acids is 1. The highest BCUT2D eigenvalue weighted by Crippen LogP contribution is 1.97. The first-order chi connectivity index (χ1) is 4.72. The quantitative estimate of drug-likeness (QED) is 0.430. The molecule has 3 nitrogen and oxygen atoms in total. The van der Waals surface area contributed by atoms with Crippen LogP contribution in [0.2, 0.25) is 0 Å². The van der Waals surface area contributed by atoms with E-state index >= 15 is 0 Å². The van der Waals surface area contributed by atoms with Gasteiger partial charge in [-0.05, 0) is 0 Å². The van der Waals surface area contributed by atoms with Crippen LogP contribution in [0, 0.1) is 0 Å². The highest BCUT2D eigenvalue weighted by Gasteiger charge is 2.13. The number of thiol groups is 1. The molecule has 0 saturated heterocycles. The van der Waals surface area contributed by atoms with Crippen LogP contribution in [0.1, 0.15) is 6.92 Å². The second-order valence-electron chi connectivity index (χ2n) is 1.62. The normalized spacial score (nSPS) is 13.0. The molecule has 0 aliphatic heterocycles. The maximum absolute atomic E-state index is 10.3. The average Bonchev–Trinajstić information content (AvgIpc) is 1.89. The largest absolute Gasteiger partial charge is 0.480 e. The van der Waals surface area contributed by atoms with Crippen LogP contribution >= 0.6 is 24.6 Å². The number of aliphatic carboxylic acids is 1. The number of rotatable bonds is 5. The van der Waals surface area contributed by atoms with Gasteiger partial charge in [0.05, 0.1) is 0 Å². The molecule has 0 aromatic carbocycles. The van der Waals surface area contributed by atoms with E-state index in [-0.39, 0.29) is 0 Å². The summed E-state index contributed by atoms with van der Waals surface area (Å²) in [6.45, 7) is 1.95. The molecule has 0 heterocycles. The standard InChI is InChI=1S/C5H11NO2S2/c1-2-10-6-4(3-9)5(7)8/h4,6,9H,2-3H2,1H3,(H,7,8)/t4-/m1/s1. The van der Waals surface area contributed by atoms with Gasteiger partial charge in [0.2, 0.25) is 0 Å². The molecule has 0 spiro atoms. The number of carbonyl (C=O) groups is 1. The SMILES string of the molecule is CCSN[C@H](CS)C(=O)O. The van der Waals surface area contributed by atoms with Gasteiger partial charge in [0.25, 0.3) is 0 Å². The molecule has 0 radical (unpaired) electrons. The molecule has 0 aliphatic rings. The maximum Gasteiger partial charge on any atom is 0.322 e. The van der Waals surface area contributed by atoms with E-state index < -0.39 is 12.0 Å². The molecule has 0 rings (SSSR count). The first-order valence-electron chi connectivity index (χ1n) is 2.93. The van der Waals surface area contributed by atoms with Gasteiger partial charge in [-0.1, -0.05) is 18.9 Å². The Morgan fingerprint density at radius 3 is 2.80 bits per heavy atom. The van der Waals surface area contributed by atoms with Gasteiger partial charge in [0.1, 0.15) is 6.04 Å². The smallest absolute Gasteiger partial charge is 0.322 e. The third-order valence-electron chi connectivity index (χ3n) is 0.851. The van der Waals surface area contributed by atoms with Crippen LogP contribution in [0.5, 0.6) is 0 Å². The fourth-order valence-electron chi connectivity index (χ4n) is 0.350. The molecule has 0 aromatic heterocycles. The molecule has 0 aliphatic carbocycles. The Bertz CT molecular complexity index is 110. The minimum atomic E-state index is -0.851. The Kier molecular flexibility index (Phi) is 5.96. The van der Waals surface area contributed by atoms with Crippen molar-refractivity contribution in [3.05, 3.63) is 0 Å². The number of carboxylic acid groups (broad SMARTS) is 1. The van der Waals surface area contributed by atoms with Crippen molar-refractivity contribution < 1.29 is 9.90 Å². The third-order valence-corrected chi connectivity index (χ3v) is 1.96. The van der Waals surface area contributed by atoms with Gasteiger partial charge < -0.3 is 5.11 Å². The second kappa shape index (κ2) is 5.88. The molecule has 0 bridgehead atoms. The van der Waals surface area contributed by atoms with Crippen molar-refractivity contribution in [1.29, 1.82) is 0 Å². The van der Waals surface area contributed by atoms with E-state index in [9.17, 15) is 4.79 Å². The van der Waals surface area contributed by atoms with E-state index in [0.717, 1.165) is 5.75 Å². The highest BCUT2D eigenvalue weighted by atomic mass is 32.2. The molecule has 5 heteroatoms. The van der Waals surface area contributed by atoms with Crippen molar-refractivity contribution in [2.45, 2.75) is 13.0 Å². The summed E-state index contributed by atoms with van der Waals surface area (Å²) in [5.74, 6) is 0.329. The summed E-state index contributed by atoms with van der Waals surface area (Å²) in [5.41, 5.74) is 0. The monoisotopic (exact) mass is 181 g/mol. The number of nitrogens with one attached hydrogen (secondary N) is 1. The predicted molar refractivity (Wildman–Crippen MR) is 46.5 cm³/mol. The van der Waals surface area contributed by atoms with Crippen molar-refractivity contribution in [1.82, 2.24) is 4.72 Å². The Morgan fingerprint density at radius 2 is 2.50 bits per heavy atom. The van der Waals surface area contributed by atoms with Gasteiger partial charge in [-0.25, -0.2) is 4.72 Å². The highest BCUT2D eigenvalue weighted by molar-refractivity contribution is 7.97. The van der Waals surface area contributed by atoms with Crippen molar-refractivity contribution in [2.24, 2.45) is 0 Å². The zero-order valence-corrected chi connectivity index (χ0v) is 7.41. The molecule has 10 heavy (non-hydrogen) atoms. The predicted octanol–water partition coefficient (Wildman–Crippen LogP) is 0.627. The molecule has 0 fully saturated rings. The van der Waals surface area contributed by atoms with Crippen molar-refractivity contribution in [3.63, 3.8) is 0 Å². The first-order valence-corrected chi connectivity index (χ1v) is 4.55. The summed E-state index contributed by atoms with van der Waals surface area (Å²) in [5, 5.41) is 8.48. The van der Waals surface area contributed by atoms with E-state index in [1.807, 2.05) is 6.92 Å². The fourth-order valence-corrected chi connectivity index (χ4v) is 1.27. The lowest BCUT2D eigenvalue weighted by Gasteiger charge is -2.08. The molecular weight excluding hydrogens is 170 g/mol. The van der Waals surface area contributed by atoms with Crippen molar-refractivity contribution in [3.8, 4) is 0 Å². The van der Waals surface area contributed by atoms with Gasteiger partial charge in [0, 0.05) is 11.5 Å². The summed E-state index contributed by atoms with van der Waals surface area (Å²) in [4.78, 5) is 10.3. The van der Waals surface area contributed by atoms with Crippen LogP contribution in [0.25, 0.3) is 0 Å². The lowest BCUT2D eigenvalue weighted by Crippen LogP contribution is -2.33. The van der Waals surface area contributed by atoms with E-state index in [0.29, 0.717) is 5.75 Å². The van der Waals surface area contributed by atoms with Gasteiger partial charge >= 0.3 is 5.97 Å². The maximum atomic E-state index is 10.3. The average molecular weight is 181 g/mol. The zero-order valence-electron chi connectivity index (χ0n) is 5.70. The van der Waals surface area contributed by atoms with E-state index in [1.165, 1.54) is 11.9 Å². The number of hydrogen-bond acceptors (Lipinski definition) is 4. The fraction of sp³-hybridized carbons (Fsp3) is 0.800. The van der Waals surface area contributed by atoms with E-state index in [2.05, 4.69) is 17.4 Å². The molecule has 60 valence electrons. The Labute approximate surface area is 70.1 Å². The lowest BCUT2D eigenvalue weighted by atomic mass is 10.4. The summed E-state index contributed by atoms with van der Waals surface area (Å²) < 4.78 is 2.76. The third kappa shape index (κ3) is 4.03. The summed E-state index contributed by atoms with van der Waals surface area (Å²) in [6.07, 6.45) is 0. The Morgan fingerprint density at radius 1 is 1.90 bits per heavy atom. The van der Waals surface area contributed by atoms with E-state index in [4.69, 9.17) is 5.11 Å². The summed E-state index contributed by atoms with van der Waals surface area (Å²) in [6, 6.07) is -0.534. The molecular formula is C5H11NO2S2. The van der Waals surface area contributed by atoms with Gasteiger partial charge in [0.15, 0.2) is 0 Å². The molecule has 1 atom stereocenters. The summed E-state index contributed by atoms with van der Waals surface area (Å²) in [7, 11) is 0. The Hall–Kier alpha value is 0.130. The van der Waals surface area contributed by atoms with Crippen LogP contribution < -0.4 is 4.72 Å². The molecule has 0 unspecified atom stereocenters.